The van der Waals surface area contributed by atoms with Gasteiger partial charge in [0, 0.05) is 39.0 Å². The lowest BCUT2D eigenvalue weighted by Crippen LogP contribution is -2.33. The van der Waals surface area contributed by atoms with Crippen molar-refractivity contribution in [2.24, 2.45) is 5.92 Å². The van der Waals surface area contributed by atoms with Crippen LogP contribution in [0.2, 0.25) is 5.02 Å². The van der Waals surface area contributed by atoms with E-state index in [2.05, 4.69) is 28.5 Å². The third-order valence-corrected chi connectivity index (χ3v) is 6.79. The molecule has 1 aliphatic carbocycles. The van der Waals surface area contributed by atoms with Crippen LogP contribution in [0.4, 0.5) is 0 Å². The number of hydrogen-bond acceptors (Lipinski definition) is 2. The molecular formula is C23H25ClN2OS. The molecule has 2 aromatic carbocycles. The van der Waals surface area contributed by atoms with Crippen LogP contribution in [0.25, 0.3) is 22.2 Å². The van der Waals surface area contributed by atoms with Crippen LogP contribution in [-0.2, 0) is 4.79 Å². The van der Waals surface area contributed by atoms with Gasteiger partial charge in [-0.3, -0.25) is 4.79 Å². The maximum absolute atomic E-state index is 12.4. The van der Waals surface area contributed by atoms with E-state index < -0.39 is 0 Å². The fraction of sp³-hybridized carbons (Fsp3) is 0.348. The largest absolute Gasteiger partial charge is 0.355 e. The number of benzene rings is 2. The van der Waals surface area contributed by atoms with Gasteiger partial charge in [-0.05, 0) is 36.6 Å². The van der Waals surface area contributed by atoms with Gasteiger partial charge >= 0.3 is 0 Å². The van der Waals surface area contributed by atoms with E-state index in [9.17, 15) is 4.79 Å². The Morgan fingerprint density at radius 3 is 2.61 bits per heavy atom. The predicted molar refractivity (Wildman–Crippen MR) is 119 cm³/mol. The Morgan fingerprint density at radius 1 is 1.07 bits per heavy atom. The van der Waals surface area contributed by atoms with Gasteiger partial charge in [-0.1, -0.05) is 61.2 Å². The van der Waals surface area contributed by atoms with Gasteiger partial charge in [-0.2, -0.15) is 0 Å². The number of halogens is 1. The fourth-order valence-electron chi connectivity index (χ4n) is 3.92. The lowest BCUT2D eigenvalue weighted by atomic mass is 9.89. The molecule has 1 aliphatic rings. The Hall–Kier alpha value is -1.91. The highest BCUT2D eigenvalue weighted by Gasteiger charge is 2.20. The fourth-order valence-corrected chi connectivity index (χ4v) is 5.10. The minimum absolute atomic E-state index is 0.219. The molecule has 0 atom stereocenters. The molecule has 0 bridgehead atoms. The number of nitrogens with one attached hydrogen (secondary N) is 2. The lowest BCUT2D eigenvalue weighted by molar-refractivity contribution is -0.125. The summed E-state index contributed by atoms with van der Waals surface area (Å²) in [5.74, 6) is 1.30. The number of carbonyl (C=O) groups is 1. The number of para-hydroxylation sites is 1. The van der Waals surface area contributed by atoms with Gasteiger partial charge in [0.15, 0.2) is 0 Å². The quantitative estimate of drug-likeness (QED) is 0.369. The molecule has 146 valence electrons. The first-order valence-electron chi connectivity index (χ1n) is 9.99. The number of rotatable bonds is 6. The van der Waals surface area contributed by atoms with Crippen molar-refractivity contribution in [3.05, 3.63) is 53.6 Å². The van der Waals surface area contributed by atoms with Gasteiger partial charge in [0.1, 0.15) is 0 Å². The zero-order valence-electron chi connectivity index (χ0n) is 15.8. The predicted octanol–water partition coefficient (Wildman–Crippen LogP) is 6.28. The third-order valence-electron chi connectivity index (χ3n) is 5.41. The summed E-state index contributed by atoms with van der Waals surface area (Å²) in [4.78, 5) is 17.1. The summed E-state index contributed by atoms with van der Waals surface area (Å²) >= 11 is 7.85. The molecule has 0 unspecified atom stereocenters. The molecule has 1 saturated carbocycles. The standard InChI is InChI=1S/C23H25ClN2OS/c24-18-12-10-16(11-13-18)21-22(19-8-4-5-9-20(19)26-21)28-15-14-25-23(27)17-6-2-1-3-7-17/h4-5,8-13,17,26H,1-3,6-7,14-15H2,(H,25,27). The van der Waals surface area contributed by atoms with Crippen LogP contribution >= 0.6 is 23.4 Å². The van der Waals surface area contributed by atoms with Gasteiger partial charge < -0.3 is 10.3 Å². The van der Waals surface area contributed by atoms with Gasteiger partial charge in [-0.25, -0.2) is 0 Å². The maximum atomic E-state index is 12.4. The second-order valence-corrected chi connectivity index (χ2v) is 8.90. The summed E-state index contributed by atoms with van der Waals surface area (Å²) < 4.78 is 0. The minimum Gasteiger partial charge on any atom is -0.355 e. The Bertz CT molecular complexity index is 945. The number of thioether (sulfide) groups is 1. The molecule has 5 heteroatoms. The van der Waals surface area contributed by atoms with Crippen molar-refractivity contribution in [2.75, 3.05) is 12.3 Å². The summed E-state index contributed by atoms with van der Waals surface area (Å²) in [6, 6.07) is 16.3. The monoisotopic (exact) mass is 412 g/mol. The summed E-state index contributed by atoms with van der Waals surface area (Å²) in [5.41, 5.74) is 3.36. The van der Waals surface area contributed by atoms with Crippen molar-refractivity contribution in [3.8, 4) is 11.3 Å². The Balaban J connectivity index is 1.46. The number of carbonyl (C=O) groups excluding carboxylic acids is 1. The molecule has 1 fully saturated rings. The molecular weight excluding hydrogens is 388 g/mol. The smallest absolute Gasteiger partial charge is 0.223 e. The first-order chi connectivity index (χ1) is 13.7. The second kappa shape index (κ2) is 9.06. The minimum atomic E-state index is 0.219. The number of aromatic amines is 1. The van der Waals surface area contributed by atoms with Crippen LogP contribution in [0.1, 0.15) is 32.1 Å². The van der Waals surface area contributed by atoms with Crippen LogP contribution in [0, 0.1) is 5.92 Å². The summed E-state index contributed by atoms with van der Waals surface area (Å²) in [7, 11) is 0. The van der Waals surface area contributed by atoms with Crippen molar-refractivity contribution in [2.45, 2.75) is 37.0 Å². The van der Waals surface area contributed by atoms with E-state index in [-0.39, 0.29) is 11.8 Å². The van der Waals surface area contributed by atoms with Gasteiger partial charge in [0.25, 0.3) is 0 Å². The van der Waals surface area contributed by atoms with E-state index in [1.165, 1.54) is 29.5 Å². The van der Waals surface area contributed by atoms with Crippen molar-refractivity contribution < 1.29 is 4.79 Å². The Labute approximate surface area is 175 Å². The van der Waals surface area contributed by atoms with E-state index in [0.717, 1.165) is 40.4 Å². The molecule has 1 amide bonds. The SMILES string of the molecule is O=C(NCCSc1c(-c2ccc(Cl)cc2)[nH]c2ccccc12)C1CCCCC1. The van der Waals surface area contributed by atoms with Crippen LogP contribution in [0.3, 0.4) is 0 Å². The van der Waals surface area contributed by atoms with E-state index in [1.54, 1.807) is 11.8 Å². The molecule has 3 nitrogen and oxygen atoms in total. The first kappa shape index (κ1) is 19.4. The number of H-pyrrole nitrogens is 1. The summed E-state index contributed by atoms with van der Waals surface area (Å²) in [5, 5.41) is 5.10. The zero-order chi connectivity index (χ0) is 19.3. The molecule has 2 N–H and O–H groups in total. The van der Waals surface area contributed by atoms with E-state index >= 15 is 0 Å². The van der Waals surface area contributed by atoms with Gasteiger partial charge in [-0.15, -0.1) is 11.8 Å². The highest BCUT2D eigenvalue weighted by Crippen LogP contribution is 2.37. The van der Waals surface area contributed by atoms with E-state index in [0.29, 0.717) is 6.54 Å². The number of amides is 1. The zero-order valence-corrected chi connectivity index (χ0v) is 17.4. The molecule has 0 radical (unpaired) electrons. The van der Waals surface area contributed by atoms with Gasteiger partial charge in [0.2, 0.25) is 5.91 Å². The second-order valence-electron chi connectivity index (χ2n) is 7.36. The van der Waals surface area contributed by atoms with E-state index in [1.807, 2.05) is 30.3 Å². The van der Waals surface area contributed by atoms with Crippen LogP contribution < -0.4 is 5.32 Å². The molecule has 1 aromatic heterocycles. The molecule has 3 aromatic rings. The number of aromatic nitrogens is 1. The molecule has 28 heavy (non-hydrogen) atoms. The number of hydrogen-bond donors (Lipinski definition) is 2. The van der Waals surface area contributed by atoms with Crippen LogP contribution in [0.5, 0.6) is 0 Å². The van der Waals surface area contributed by atoms with Crippen LogP contribution in [-0.4, -0.2) is 23.2 Å². The van der Waals surface area contributed by atoms with Gasteiger partial charge in [0.05, 0.1) is 5.69 Å². The lowest BCUT2D eigenvalue weighted by Gasteiger charge is -2.20. The highest BCUT2D eigenvalue weighted by atomic mass is 35.5. The topological polar surface area (TPSA) is 44.9 Å². The first-order valence-corrected chi connectivity index (χ1v) is 11.4. The molecule has 0 saturated heterocycles. The molecule has 0 aliphatic heterocycles. The third kappa shape index (κ3) is 4.39. The number of fused-ring (bicyclic) bond motifs is 1. The molecule has 0 spiro atoms. The highest BCUT2D eigenvalue weighted by molar-refractivity contribution is 7.99. The van der Waals surface area contributed by atoms with Crippen molar-refractivity contribution in [3.63, 3.8) is 0 Å². The normalized spacial score (nSPS) is 15.0. The van der Waals surface area contributed by atoms with Crippen molar-refractivity contribution >= 4 is 40.2 Å². The average Bonchev–Trinajstić information content (AvgIpc) is 3.11. The van der Waals surface area contributed by atoms with Crippen molar-refractivity contribution in [1.82, 2.24) is 10.3 Å². The summed E-state index contributed by atoms with van der Waals surface area (Å²) in [6.07, 6.45) is 5.73. The van der Waals surface area contributed by atoms with E-state index in [4.69, 9.17) is 11.6 Å². The molecule has 4 rings (SSSR count). The summed E-state index contributed by atoms with van der Waals surface area (Å²) in [6.45, 7) is 0.694. The molecule has 1 heterocycles. The van der Waals surface area contributed by atoms with Crippen LogP contribution in [0.15, 0.2) is 53.4 Å². The maximum Gasteiger partial charge on any atom is 0.223 e. The average molecular weight is 413 g/mol. The Morgan fingerprint density at radius 2 is 1.82 bits per heavy atom. The van der Waals surface area contributed by atoms with Crippen molar-refractivity contribution in [1.29, 1.82) is 0 Å². The Kier molecular flexibility index (Phi) is 6.28.